The van der Waals surface area contributed by atoms with Crippen LogP contribution in [0.15, 0.2) is 9.90 Å². The van der Waals surface area contributed by atoms with Crippen LogP contribution >= 0.6 is 22.9 Å². The number of hydrogen-bond donors (Lipinski definition) is 0. The number of nitrogens with zero attached hydrogens (tertiary/aromatic N) is 3. The number of aromatic nitrogens is 2. The fraction of sp³-hybridized carbons (Fsp3) is 0.462. The van der Waals surface area contributed by atoms with Crippen LogP contribution in [0.25, 0.3) is 0 Å². The van der Waals surface area contributed by atoms with Crippen LogP contribution in [0.4, 0.5) is 0 Å². The maximum absolute atomic E-state index is 12.7. The molecular weight excluding hydrogens is 314 g/mol. The number of rotatable bonds is 2. The van der Waals surface area contributed by atoms with Crippen molar-refractivity contribution in [3.8, 4) is 0 Å². The smallest absolute Gasteiger partial charge is 0.266 e. The molecule has 1 aliphatic heterocycles. The van der Waals surface area contributed by atoms with E-state index in [2.05, 4.69) is 10.1 Å². The molecule has 6 nitrogen and oxygen atoms in total. The molecule has 0 spiro atoms. The van der Waals surface area contributed by atoms with Gasteiger partial charge in [0.15, 0.2) is 5.82 Å². The van der Waals surface area contributed by atoms with E-state index in [1.807, 2.05) is 12.3 Å². The van der Waals surface area contributed by atoms with Crippen LogP contribution in [-0.2, 0) is 4.74 Å². The van der Waals surface area contributed by atoms with Crippen molar-refractivity contribution in [3.63, 3.8) is 0 Å². The van der Waals surface area contributed by atoms with Crippen molar-refractivity contribution in [2.24, 2.45) is 0 Å². The van der Waals surface area contributed by atoms with Gasteiger partial charge in [-0.05, 0) is 24.8 Å². The predicted octanol–water partition coefficient (Wildman–Crippen LogP) is 2.62. The van der Waals surface area contributed by atoms with E-state index in [0.29, 0.717) is 41.4 Å². The Morgan fingerprint density at radius 3 is 2.95 bits per heavy atom. The number of halogens is 1. The fourth-order valence-corrected chi connectivity index (χ4v) is 3.43. The SMILES string of the molecule is Cc1noc([C@H]2COCCN2C(=O)c2scc(C)c2Cl)n1. The lowest BCUT2D eigenvalue weighted by Gasteiger charge is -2.33. The van der Waals surface area contributed by atoms with E-state index in [1.165, 1.54) is 11.3 Å². The Hall–Kier alpha value is -1.44. The molecule has 1 fully saturated rings. The molecule has 112 valence electrons. The number of morpholine rings is 1. The molecule has 2 aromatic rings. The normalized spacial score (nSPS) is 19.0. The number of ether oxygens (including phenoxy) is 1. The third kappa shape index (κ3) is 2.68. The highest BCUT2D eigenvalue weighted by Gasteiger charge is 2.34. The zero-order valence-corrected chi connectivity index (χ0v) is 13.2. The Balaban J connectivity index is 1.91. The highest BCUT2D eigenvalue weighted by Crippen LogP contribution is 2.32. The van der Waals surface area contributed by atoms with Crippen molar-refractivity contribution in [2.75, 3.05) is 19.8 Å². The predicted molar refractivity (Wildman–Crippen MR) is 77.7 cm³/mol. The minimum absolute atomic E-state index is 0.123. The monoisotopic (exact) mass is 327 g/mol. The molecule has 3 rings (SSSR count). The van der Waals surface area contributed by atoms with Crippen molar-refractivity contribution in [3.05, 3.63) is 32.6 Å². The molecule has 1 aliphatic rings. The van der Waals surface area contributed by atoms with Gasteiger partial charge in [0.05, 0.1) is 18.2 Å². The van der Waals surface area contributed by atoms with Gasteiger partial charge in [0.1, 0.15) is 10.9 Å². The maximum Gasteiger partial charge on any atom is 0.266 e. The van der Waals surface area contributed by atoms with Gasteiger partial charge < -0.3 is 14.2 Å². The van der Waals surface area contributed by atoms with Gasteiger partial charge in [-0.2, -0.15) is 4.98 Å². The Morgan fingerprint density at radius 1 is 1.52 bits per heavy atom. The van der Waals surface area contributed by atoms with Crippen LogP contribution in [0.2, 0.25) is 5.02 Å². The molecule has 21 heavy (non-hydrogen) atoms. The third-order valence-electron chi connectivity index (χ3n) is 3.31. The van der Waals surface area contributed by atoms with Crippen LogP contribution in [0.3, 0.4) is 0 Å². The van der Waals surface area contributed by atoms with Gasteiger partial charge in [-0.25, -0.2) is 0 Å². The number of hydrogen-bond acceptors (Lipinski definition) is 6. The van der Waals surface area contributed by atoms with E-state index in [0.717, 1.165) is 5.56 Å². The summed E-state index contributed by atoms with van der Waals surface area (Å²) < 4.78 is 10.6. The third-order valence-corrected chi connectivity index (χ3v) is 5.00. The Bertz CT molecular complexity index is 669. The largest absolute Gasteiger partial charge is 0.377 e. The van der Waals surface area contributed by atoms with Crippen molar-refractivity contribution in [2.45, 2.75) is 19.9 Å². The maximum atomic E-state index is 12.7. The number of amides is 1. The topological polar surface area (TPSA) is 68.5 Å². The number of aryl methyl sites for hydroxylation is 2. The van der Waals surface area contributed by atoms with Gasteiger partial charge in [0.2, 0.25) is 0 Å². The number of carbonyl (C=O) groups is 1. The summed E-state index contributed by atoms with van der Waals surface area (Å²) in [5.41, 5.74) is 0.906. The quantitative estimate of drug-likeness (QED) is 0.848. The summed E-state index contributed by atoms with van der Waals surface area (Å²) in [5.74, 6) is 0.806. The van der Waals surface area contributed by atoms with E-state index in [-0.39, 0.29) is 11.9 Å². The van der Waals surface area contributed by atoms with Crippen LogP contribution in [0.5, 0.6) is 0 Å². The molecule has 0 N–H and O–H groups in total. The van der Waals surface area contributed by atoms with Crippen molar-refractivity contribution in [1.82, 2.24) is 15.0 Å². The lowest BCUT2D eigenvalue weighted by molar-refractivity contribution is -0.0116. The summed E-state index contributed by atoms with van der Waals surface area (Å²) in [4.78, 5) is 19.2. The molecule has 0 saturated carbocycles. The van der Waals surface area contributed by atoms with Crippen molar-refractivity contribution >= 4 is 28.8 Å². The van der Waals surface area contributed by atoms with Gasteiger partial charge in [0.25, 0.3) is 11.8 Å². The van der Waals surface area contributed by atoms with Crippen LogP contribution in [-0.4, -0.2) is 40.7 Å². The van der Waals surface area contributed by atoms with Crippen LogP contribution in [0.1, 0.15) is 33.0 Å². The van der Waals surface area contributed by atoms with Crippen LogP contribution in [0, 0.1) is 13.8 Å². The lowest BCUT2D eigenvalue weighted by Crippen LogP contribution is -2.43. The molecule has 0 aliphatic carbocycles. The average molecular weight is 328 g/mol. The summed E-state index contributed by atoms with van der Waals surface area (Å²) >= 11 is 7.55. The van der Waals surface area contributed by atoms with E-state index in [9.17, 15) is 4.79 Å². The highest BCUT2D eigenvalue weighted by molar-refractivity contribution is 7.13. The second kappa shape index (κ2) is 5.75. The second-order valence-corrected chi connectivity index (χ2v) is 6.09. The Kier molecular flexibility index (Phi) is 3.97. The fourth-order valence-electron chi connectivity index (χ4n) is 2.20. The molecule has 1 atom stereocenters. The zero-order valence-electron chi connectivity index (χ0n) is 11.6. The first kappa shape index (κ1) is 14.5. The standard InChI is InChI=1S/C13H14ClN3O3S/c1-7-6-21-11(10(7)14)13(18)17-3-4-19-5-9(17)12-15-8(2)16-20-12/h6,9H,3-5H2,1-2H3/t9-/m1/s1. The van der Waals surface area contributed by atoms with Crippen molar-refractivity contribution in [1.29, 1.82) is 0 Å². The minimum atomic E-state index is -0.370. The second-order valence-electron chi connectivity index (χ2n) is 4.83. The Labute approximate surface area is 130 Å². The van der Waals surface area contributed by atoms with E-state index in [4.69, 9.17) is 20.9 Å². The van der Waals surface area contributed by atoms with Gasteiger partial charge in [-0.1, -0.05) is 16.8 Å². The first-order valence-electron chi connectivity index (χ1n) is 6.50. The number of thiophene rings is 1. The van der Waals surface area contributed by atoms with Crippen LogP contribution < -0.4 is 0 Å². The summed E-state index contributed by atoms with van der Waals surface area (Å²) in [6.07, 6.45) is 0. The van der Waals surface area contributed by atoms with E-state index < -0.39 is 0 Å². The van der Waals surface area contributed by atoms with Gasteiger partial charge in [-0.15, -0.1) is 11.3 Å². The van der Waals surface area contributed by atoms with E-state index >= 15 is 0 Å². The molecule has 3 heterocycles. The average Bonchev–Trinajstić information content (AvgIpc) is 3.06. The summed E-state index contributed by atoms with van der Waals surface area (Å²) in [7, 11) is 0. The summed E-state index contributed by atoms with van der Waals surface area (Å²) in [5, 5.41) is 6.16. The zero-order chi connectivity index (χ0) is 15.0. The summed E-state index contributed by atoms with van der Waals surface area (Å²) in [6.45, 7) is 4.92. The van der Waals surface area contributed by atoms with Crippen molar-refractivity contribution < 1.29 is 14.1 Å². The molecule has 2 aromatic heterocycles. The molecule has 0 aromatic carbocycles. The van der Waals surface area contributed by atoms with Gasteiger partial charge in [-0.3, -0.25) is 4.79 Å². The molecule has 1 saturated heterocycles. The molecular formula is C13H14ClN3O3S. The lowest BCUT2D eigenvalue weighted by atomic mass is 10.2. The molecule has 0 radical (unpaired) electrons. The molecule has 0 unspecified atom stereocenters. The Morgan fingerprint density at radius 2 is 2.33 bits per heavy atom. The van der Waals surface area contributed by atoms with E-state index in [1.54, 1.807) is 11.8 Å². The molecule has 1 amide bonds. The van der Waals surface area contributed by atoms with Gasteiger partial charge >= 0.3 is 0 Å². The highest BCUT2D eigenvalue weighted by atomic mass is 35.5. The first-order chi connectivity index (χ1) is 10.1. The molecule has 8 heteroatoms. The first-order valence-corrected chi connectivity index (χ1v) is 7.76. The minimum Gasteiger partial charge on any atom is -0.377 e. The van der Waals surface area contributed by atoms with Gasteiger partial charge in [0, 0.05) is 6.54 Å². The summed E-state index contributed by atoms with van der Waals surface area (Å²) in [6, 6.07) is -0.370. The molecule has 0 bridgehead atoms. The number of carbonyl (C=O) groups excluding carboxylic acids is 1.